The maximum absolute atomic E-state index is 13.6. The van der Waals surface area contributed by atoms with Crippen LogP contribution >= 0.6 is 0 Å². The minimum atomic E-state index is -6.51. The number of carbonyl (C=O) groups excluding carboxylic acids is 1. The van der Waals surface area contributed by atoms with Crippen molar-refractivity contribution in [3.05, 3.63) is 29.8 Å². The predicted molar refractivity (Wildman–Crippen MR) is 94.2 cm³/mol. The van der Waals surface area contributed by atoms with E-state index in [4.69, 9.17) is 9.47 Å². The number of amides is 1. The van der Waals surface area contributed by atoms with Crippen molar-refractivity contribution in [2.45, 2.75) is 51.1 Å². The number of nitrogens with one attached hydrogen (secondary N) is 1. The highest BCUT2D eigenvalue weighted by atomic mass is 32.2. The number of hydrogen-bond acceptors (Lipinski definition) is 5. The molecule has 0 heterocycles. The number of ether oxygens (including phenoxy) is 2. The fourth-order valence-corrected chi connectivity index (χ4v) is 3.06. The van der Waals surface area contributed by atoms with Gasteiger partial charge in [-0.15, -0.1) is 0 Å². The van der Waals surface area contributed by atoms with Crippen molar-refractivity contribution in [2.24, 2.45) is 5.41 Å². The van der Waals surface area contributed by atoms with Gasteiger partial charge in [-0.1, -0.05) is 20.8 Å². The Labute approximate surface area is 169 Å². The Kier molecular flexibility index (Phi) is 7.15. The van der Waals surface area contributed by atoms with Crippen molar-refractivity contribution < 1.29 is 49.0 Å². The van der Waals surface area contributed by atoms with Crippen LogP contribution in [0.3, 0.4) is 0 Å². The van der Waals surface area contributed by atoms with Crippen molar-refractivity contribution in [2.75, 3.05) is 7.11 Å². The van der Waals surface area contributed by atoms with Crippen LogP contribution in [0.4, 0.5) is 26.3 Å². The van der Waals surface area contributed by atoms with Gasteiger partial charge in [-0.2, -0.15) is 34.8 Å². The number of methoxy groups -OCH3 is 1. The standard InChI is InChI=1S/C17H21F6NO5S/c1-14(2,3)13(28-5)29-11-8-6-10(7-9-11)12(25)24-30(26,27)17(22,23)16(20,21)15(4,18)19/h6-9,13H,1-5H3,(H,24,25). The van der Waals surface area contributed by atoms with Gasteiger partial charge in [0.25, 0.3) is 5.91 Å². The van der Waals surface area contributed by atoms with Gasteiger partial charge in [0.2, 0.25) is 6.29 Å². The van der Waals surface area contributed by atoms with E-state index in [1.54, 1.807) is 0 Å². The average Bonchev–Trinajstić information content (AvgIpc) is 2.57. The molecule has 6 nitrogen and oxygen atoms in total. The van der Waals surface area contributed by atoms with Crippen LogP contribution < -0.4 is 9.46 Å². The molecule has 0 aliphatic carbocycles. The maximum Gasteiger partial charge on any atom is 0.431 e. The summed E-state index contributed by atoms with van der Waals surface area (Å²) in [6.45, 7) is 4.86. The van der Waals surface area contributed by atoms with Crippen LogP contribution in [0.1, 0.15) is 38.1 Å². The van der Waals surface area contributed by atoms with Crippen molar-refractivity contribution in [1.29, 1.82) is 0 Å². The minimum absolute atomic E-state index is 0.165. The molecular formula is C17H21F6NO5S. The molecule has 0 spiro atoms. The lowest BCUT2D eigenvalue weighted by Gasteiger charge is -2.30. The first kappa shape index (κ1) is 26.0. The summed E-state index contributed by atoms with van der Waals surface area (Å²) in [7, 11) is -5.13. The van der Waals surface area contributed by atoms with Crippen LogP contribution in [0, 0.1) is 5.41 Å². The molecule has 1 aromatic carbocycles. The van der Waals surface area contributed by atoms with Gasteiger partial charge in [0.1, 0.15) is 5.75 Å². The number of rotatable bonds is 8. The lowest BCUT2D eigenvalue weighted by molar-refractivity contribution is -0.271. The third-order valence-corrected chi connectivity index (χ3v) is 5.15. The summed E-state index contributed by atoms with van der Waals surface area (Å²) in [5.41, 5.74) is -0.977. The van der Waals surface area contributed by atoms with Gasteiger partial charge in [0, 0.05) is 25.0 Å². The molecule has 0 bridgehead atoms. The van der Waals surface area contributed by atoms with E-state index in [0.29, 0.717) is 4.72 Å². The normalized spacial score (nSPS) is 14.9. The van der Waals surface area contributed by atoms with E-state index in [0.717, 1.165) is 12.1 Å². The van der Waals surface area contributed by atoms with E-state index in [1.165, 1.54) is 19.2 Å². The largest absolute Gasteiger partial charge is 0.464 e. The zero-order valence-corrected chi connectivity index (χ0v) is 17.4. The van der Waals surface area contributed by atoms with Gasteiger partial charge < -0.3 is 9.47 Å². The number of benzene rings is 1. The number of halogens is 6. The molecule has 1 N–H and O–H groups in total. The van der Waals surface area contributed by atoms with Crippen LogP contribution in [0.5, 0.6) is 5.75 Å². The quantitative estimate of drug-likeness (QED) is 0.463. The maximum atomic E-state index is 13.6. The summed E-state index contributed by atoms with van der Waals surface area (Å²) in [4.78, 5) is 11.9. The van der Waals surface area contributed by atoms with E-state index < -0.39 is 57.2 Å². The first-order valence-corrected chi connectivity index (χ1v) is 9.76. The molecule has 0 radical (unpaired) electrons. The monoisotopic (exact) mass is 465 g/mol. The molecule has 0 saturated carbocycles. The second-order valence-electron chi connectivity index (χ2n) is 7.49. The Balaban J connectivity index is 3.05. The van der Waals surface area contributed by atoms with Gasteiger partial charge in [-0.3, -0.25) is 4.79 Å². The Morgan fingerprint density at radius 2 is 1.43 bits per heavy atom. The van der Waals surface area contributed by atoms with Crippen LogP contribution in [0.25, 0.3) is 0 Å². The predicted octanol–water partition coefficient (Wildman–Crippen LogP) is 4.03. The average molecular weight is 465 g/mol. The number of carbonyl (C=O) groups is 1. The van der Waals surface area contributed by atoms with E-state index in [-0.39, 0.29) is 5.75 Å². The van der Waals surface area contributed by atoms with Gasteiger partial charge in [-0.05, 0) is 24.3 Å². The molecular weight excluding hydrogens is 444 g/mol. The topological polar surface area (TPSA) is 81.7 Å². The number of hydrogen-bond donors (Lipinski definition) is 1. The van der Waals surface area contributed by atoms with Crippen LogP contribution in [-0.4, -0.2) is 44.8 Å². The third-order valence-electron chi connectivity index (χ3n) is 3.76. The van der Waals surface area contributed by atoms with E-state index in [2.05, 4.69) is 0 Å². The summed E-state index contributed by atoms with van der Waals surface area (Å²) in [6.07, 6.45) is -0.714. The molecule has 0 aliphatic heterocycles. The second-order valence-corrected chi connectivity index (χ2v) is 9.21. The summed E-state index contributed by atoms with van der Waals surface area (Å²) in [5, 5.41) is -6.27. The first-order chi connectivity index (χ1) is 13.3. The second kappa shape index (κ2) is 8.25. The highest BCUT2D eigenvalue weighted by molar-refractivity contribution is 7.91. The van der Waals surface area contributed by atoms with Gasteiger partial charge in [-0.25, -0.2) is 4.72 Å². The van der Waals surface area contributed by atoms with Crippen molar-refractivity contribution in [3.63, 3.8) is 0 Å². The molecule has 1 aromatic rings. The zero-order valence-electron chi connectivity index (χ0n) is 16.6. The molecule has 1 atom stereocenters. The summed E-state index contributed by atoms with van der Waals surface area (Å²) in [6, 6.07) is 4.26. The lowest BCUT2D eigenvalue weighted by atomic mass is 9.96. The summed E-state index contributed by atoms with van der Waals surface area (Å²) < 4.78 is 114. The van der Waals surface area contributed by atoms with Crippen molar-refractivity contribution in [1.82, 2.24) is 4.72 Å². The zero-order chi connectivity index (χ0) is 23.8. The highest BCUT2D eigenvalue weighted by Gasteiger charge is 2.75. The smallest absolute Gasteiger partial charge is 0.431 e. The van der Waals surface area contributed by atoms with Crippen LogP contribution in [0.2, 0.25) is 0 Å². The Morgan fingerprint density at radius 3 is 1.80 bits per heavy atom. The summed E-state index contributed by atoms with van der Waals surface area (Å²) >= 11 is 0. The SMILES string of the molecule is COC(Oc1ccc(C(=O)NS(=O)(=O)C(F)(F)C(F)(F)C(C)(F)F)cc1)C(C)(C)C. The Hall–Kier alpha value is -2.02. The summed E-state index contributed by atoms with van der Waals surface area (Å²) in [5.74, 6) is -13.2. The molecule has 1 amide bonds. The number of alkyl halides is 6. The molecule has 0 fully saturated rings. The van der Waals surface area contributed by atoms with Crippen LogP contribution in [-0.2, 0) is 14.8 Å². The van der Waals surface area contributed by atoms with Gasteiger partial charge in [0.05, 0.1) is 0 Å². The van der Waals surface area contributed by atoms with E-state index in [1.807, 2.05) is 20.8 Å². The molecule has 172 valence electrons. The van der Waals surface area contributed by atoms with E-state index in [9.17, 15) is 39.6 Å². The van der Waals surface area contributed by atoms with Crippen LogP contribution in [0.15, 0.2) is 24.3 Å². The molecule has 30 heavy (non-hydrogen) atoms. The Bertz CT molecular complexity index is 860. The highest BCUT2D eigenvalue weighted by Crippen LogP contribution is 2.47. The molecule has 13 heteroatoms. The van der Waals surface area contributed by atoms with E-state index >= 15 is 0 Å². The lowest BCUT2D eigenvalue weighted by Crippen LogP contribution is -2.60. The number of sulfonamides is 1. The molecule has 1 rings (SSSR count). The molecule has 0 saturated heterocycles. The first-order valence-electron chi connectivity index (χ1n) is 8.27. The van der Waals surface area contributed by atoms with Gasteiger partial charge >= 0.3 is 27.1 Å². The van der Waals surface area contributed by atoms with Crippen molar-refractivity contribution in [3.8, 4) is 5.75 Å². The Morgan fingerprint density at radius 1 is 0.967 bits per heavy atom. The third kappa shape index (κ3) is 5.17. The van der Waals surface area contributed by atoms with Crippen molar-refractivity contribution >= 4 is 15.9 Å². The molecule has 0 aliphatic rings. The van der Waals surface area contributed by atoms with Gasteiger partial charge in [0.15, 0.2) is 0 Å². The fraction of sp³-hybridized carbons (Fsp3) is 0.588. The molecule has 0 aromatic heterocycles. The fourth-order valence-electron chi connectivity index (χ4n) is 2.06. The minimum Gasteiger partial charge on any atom is -0.464 e. The molecule has 1 unspecified atom stereocenters.